The molecule has 5 heteroatoms. The SMILES string of the molecule is CC(C)(C)Oc1ccccc1NC(=O)NC(C)(CO)C1CC1. The van der Waals surface area contributed by atoms with Crippen molar-refractivity contribution in [3.05, 3.63) is 24.3 Å². The second-order valence-corrected chi connectivity index (χ2v) is 7.14. The molecule has 0 radical (unpaired) electrons. The van der Waals surface area contributed by atoms with E-state index in [9.17, 15) is 9.90 Å². The third-order valence-corrected chi connectivity index (χ3v) is 3.76. The van der Waals surface area contributed by atoms with Crippen LogP contribution in [-0.4, -0.2) is 28.9 Å². The third-order valence-electron chi connectivity index (χ3n) is 3.76. The summed E-state index contributed by atoms with van der Waals surface area (Å²) in [4.78, 5) is 12.2. The van der Waals surface area contributed by atoms with Gasteiger partial charge < -0.3 is 20.5 Å². The monoisotopic (exact) mass is 306 g/mol. The molecule has 0 bridgehead atoms. The molecule has 2 amide bonds. The van der Waals surface area contributed by atoms with Gasteiger partial charge in [-0.1, -0.05) is 12.1 Å². The summed E-state index contributed by atoms with van der Waals surface area (Å²) in [6.45, 7) is 7.69. The molecule has 1 saturated carbocycles. The van der Waals surface area contributed by atoms with Crippen LogP contribution in [0.4, 0.5) is 10.5 Å². The number of ether oxygens (including phenoxy) is 1. The second-order valence-electron chi connectivity index (χ2n) is 7.14. The molecule has 1 aliphatic rings. The predicted molar refractivity (Wildman–Crippen MR) is 87.2 cm³/mol. The van der Waals surface area contributed by atoms with Crippen molar-refractivity contribution in [3.8, 4) is 5.75 Å². The highest BCUT2D eigenvalue weighted by molar-refractivity contribution is 5.91. The Kier molecular flexibility index (Phi) is 4.66. The molecule has 0 heterocycles. The Labute approximate surface area is 132 Å². The lowest BCUT2D eigenvalue weighted by molar-refractivity contribution is 0.131. The van der Waals surface area contributed by atoms with Crippen LogP contribution in [0.15, 0.2) is 24.3 Å². The summed E-state index contributed by atoms with van der Waals surface area (Å²) >= 11 is 0. The van der Waals surface area contributed by atoms with Gasteiger partial charge in [-0.2, -0.15) is 0 Å². The van der Waals surface area contributed by atoms with Crippen molar-refractivity contribution in [1.82, 2.24) is 5.32 Å². The van der Waals surface area contributed by atoms with Gasteiger partial charge in [0.25, 0.3) is 0 Å². The Bertz CT molecular complexity index is 535. The lowest BCUT2D eigenvalue weighted by atomic mass is 9.97. The Hall–Kier alpha value is -1.75. The van der Waals surface area contributed by atoms with Crippen LogP contribution in [0.5, 0.6) is 5.75 Å². The first-order valence-corrected chi connectivity index (χ1v) is 7.71. The summed E-state index contributed by atoms with van der Waals surface area (Å²) < 4.78 is 5.86. The van der Waals surface area contributed by atoms with Gasteiger partial charge in [0, 0.05) is 0 Å². The molecule has 0 aliphatic heterocycles. The summed E-state index contributed by atoms with van der Waals surface area (Å²) in [6, 6.07) is 7.01. The number of carbonyl (C=O) groups excluding carboxylic acids is 1. The Morgan fingerprint density at radius 1 is 1.27 bits per heavy atom. The van der Waals surface area contributed by atoms with Crippen LogP contribution < -0.4 is 15.4 Å². The molecular weight excluding hydrogens is 280 g/mol. The number of hydrogen-bond donors (Lipinski definition) is 3. The van der Waals surface area contributed by atoms with E-state index in [2.05, 4.69) is 10.6 Å². The van der Waals surface area contributed by atoms with Crippen molar-refractivity contribution >= 4 is 11.7 Å². The van der Waals surface area contributed by atoms with E-state index in [-0.39, 0.29) is 18.2 Å². The standard InChI is InChI=1S/C17H26N2O3/c1-16(2,3)22-14-8-6-5-7-13(14)18-15(21)19-17(4,11-20)12-9-10-12/h5-8,12,20H,9-11H2,1-4H3,(H2,18,19,21). The van der Waals surface area contributed by atoms with Crippen LogP contribution >= 0.6 is 0 Å². The summed E-state index contributed by atoms with van der Waals surface area (Å²) in [7, 11) is 0. The van der Waals surface area contributed by atoms with Gasteiger partial charge in [-0.25, -0.2) is 4.79 Å². The zero-order valence-electron chi connectivity index (χ0n) is 13.8. The van der Waals surface area contributed by atoms with Crippen molar-refractivity contribution in [2.24, 2.45) is 5.92 Å². The number of aliphatic hydroxyl groups is 1. The molecule has 3 N–H and O–H groups in total. The van der Waals surface area contributed by atoms with Crippen LogP contribution in [0.1, 0.15) is 40.5 Å². The van der Waals surface area contributed by atoms with Crippen LogP contribution in [0.3, 0.4) is 0 Å². The number of anilines is 1. The second kappa shape index (κ2) is 6.16. The maximum absolute atomic E-state index is 12.2. The number of nitrogens with one attached hydrogen (secondary N) is 2. The maximum Gasteiger partial charge on any atom is 0.319 e. The maximum atomic E-state index is 12.2. The summed E-state index contributed by atoms with van der Waals surface area (Å²) in [5, 5.41) is 15.3. The fraction of sp³-hybridized carbons (Fsp3) is 0.588. The minimum absolute atomic E-state index is 0.0643. The summed E-state index contributed by atoms with van der Waals surface area (Å²) in [5.74, 6) is 0.978. The van der Waals surface area contributed by atoms with Gasteiger partial charge in [0.15, 0.2) is 0 Å². The van der Waals surface area contributed by atoms with E-state index in [1.54, 1.807) is 6.07 Å². The molecule has 5 nitrogen and oxygen atoms in total. The van der Waals surface area contributed by atoms with E-state index in [0.29, 0.717) is 17.4 Å². The zero-order valence-corrected chi connectivity index (χ0v) is 13.8. The predicted octanol–water partition coefficient (Wildman–Crippen LogP) is 3.15. The molecule has 1 aliphatic carbocycles. The molecule has 1 aromatic rings. The summed E-state index contributed by atoms with van der Waals surface area (Å²) in [6.07, 6.45) is 2.09. The number of para-hydroxylation sites is 2. The van der Waals surface area contributed by atoms with Gasteiger partial charge in [0.05, 0.1) is 17.8 Å². The van der Waals surface area contributed by atoms with Gasteiger partial charge in [-0.15, -0.1) is 0 Å². The number of urea groups is 1. The van der Waals surface area contributed by atoms with Crippen LogP contribution in [0, 0.1) is 5.92 Å². The lowest BCUT2D eigenvalue weighted by Gasteiger charge is -2.29. The molecular formula is C17H26N2O3. The number of aliphatic hydroxyl groups excluding tert-OH is 1. The van der Waals surface area contributed by atoms with Gasteiger partial charge in [0.2, 0.25) is 0 Å². The van der Waals surface area contributed by atoms with Gasteiger partial charge >= 0.3 is 6.03 Å². The molecule has 0 saturated heterocycles. The molecule has 1 fully saturated rings. The highest BCUT2D eigenvalue weighted by atomic mass is 16.5. The lowest BCUT2D eigenvalue weighted by Crippen LogP contribution is -2.52. The Balaban J connectivity index is 2.05. The fourth-order valence-electron chi connectivity index (χ4n) is 2.39. The number of amides is 2. The van der Waals surface area contributed by atoms with Crippen molar-refractivity contribution < 1.29 is 14.6 Å². The van der Waals surface area contributed by atoms with E-state index in [0.717, 1.165) is 12.8 Å². The first kappa shape index (κ1) is 16.6. The highest BCUT2D eigenvalue weighted by Crippen LogP contribution is 2.39. The fourth-order valence-corrected chi connectivity index (χ4v) is 2.39. The van der Waals surface area contributed by atoms with Crippen LogP contribution in [0.25, 0.3) is 0 Å². The molecule has 122 valence electrons. The molecule has 1 atom stereocenters. The van der Waals surface area contributed by atoms with E-state index < -0.39 is 5.54 Å². The smallest absolute Gasteiger partial charge is 0.319 e. The number of benzene rings is 1. The van der Waals surface area contributed by atoms with Crippen molar-refractivity contribution in [2.45, 2.75) is 51.7 Å². The minimum atomic E-state index is -0.566. The van der Waals surface area contributed by atoms with Crippen LogP contribution in [0.2, 0.25) is 0 Å². The normalized spacial score (nSPS) is 17.5. The highest BCUT2D eigenvalue weighted by Gasteiger charge is 2.42. The third kappa shape index (κ3) is 4.37. The zero-order chi connectivity index (χ0) is 16.4. The number of rotatable bonds is 5. The van der Waals surface area contributed by atoms with Crippen molar-refractivity contribution in [1.29, 1.82) is 0 Å². The van der Waals surface area contributed by atoms with Crippen LogP contribution in [-0.2, 0) is 0 Å². The van der Waals surface area contributed by atoms with Gasteiger partial charge in [-0.3, -0.25) is 0 Å². The Morgan fingerprint density at radius 3 is 2.45 bits per heavy atom. The molecule has 0 aromatic heterocycles. The molecule has 2 rings (SSSR count). The van der Waals surface area contributed by atoms with Gasteiger partial charge in [0.1, 0.15) is 11.4 Å². The largest absolute Gasteiger partial charge is 0.486 e. The molecule has 0 spiro atoms. The minimum Gasteiger partial charge on any atom is -0.486 e. The average molecular weight is 306 g/mol. The van der Waals surface area contributed by atoms with Crippen molar-refractivity contribution in [3.63, 3.8) is 0 Å². The van der Waals surface area contributed by atoms with E-state index in [1.165, 1.54) is 0 Å². The first-order chi connectivity index (χ1) is 10.2. The molecule has 1 unspecified atom stereocenters. The van der Waals surface area contributed by atoms with E-state index in [4.69, 9.17) is 4.74 Å². The van der Waals surface area contributed by atoms with E-state index >= 15 is 0 Å². The average Bonchev–Trinajstić information content (AvgIpc) is 3.24. The number of hydrogen-bond acceptors (Lipinski definition) is 3. The number of carbonyl (C=O) groups is 1. The molecule has 1 aromatic carbocycles. The van der Waals surface area contributed by atoms with Crippen molar-refractivity contribution in [2.75, 3.05) is 11.9 Å². The Morgan fingerprint density at radius 2 is 1.91 bits per heavy atom. The summed E-state index contributed by atoms with van der Waals surface area (Å²) in [5.41, 5.74) is -0.294. The first-order valence-electron chi connectivity index (χ1n) is 7.71. The van der Waals surface area contributed by atoms with E-state index in [1.807, 2.05) is 45.9 Å². The van der Waals surface area contributed by atoms with Gasteiger partial charge in [-0.05, 0) is 58.6 Å². The quantitative estimate of drug-likeness (QED) is 0.782. The topological polar surface area (TPSA) is 70.6 Å². The molecule has 22 heavy (non-hydrogen) atoms.